The highest BCUT2D eigenvalue weighted by Crippen LogP contribution is 2.26. The Morgan fingerprint density at radius 1 is 1.15 bits per heavy atom. The largest absolute Gasteiger partial charge is 0.497 e. The number of likely N-dealkylation sites (N-methyl/N-ethyl adjacent to an activating group) is 1. The molecule has 1 atom stereocenters. The number of benzene rings is 1. The van der Waals surface area contributed by atoms with Crippen LogP contribution in [0.4, 0.5) is 5.69 Å². The van der Waals surface area contributed by atoms with Crippen molar-refractivity contribution in [2.45, 2.75) is 26.8 Å². The molecule has 0 heterocycles. The number of carbonyl (C=O) groups is 1. The van der Waals surface area contributed by atoms with Crippen LogP contribution in [0.5, 0.6) is 11.5 Å². The van der Waals surface area contributed by atoms with Crippen LogP contribution in [0.2, 0.25) is 0 Å². The maximum absolute atomic E-state index is 12.2. The van der Waals surface area contributed by atoms with Gasteiger partial charge in [-0.25, -0.2) is 0 Å². The summed E-state index contributed by atoms with van der Waals surface area (Å²) in [6.45, 7) is 7.23. The van der Waals surface area contributed by atoms with Gasteiger partial charge in [0.1, 0.15) is 17.5 Å². The van der Waals surface area contributed by atoms with Crippen molar-refractivity contribution in [3.05, 3.63) is 18.2 Å². The Labute approximate surface area is 120 Å². The minimum absolute atomic E-state index is 0.0804. The fourth-order valence-electron chi connectivity index (χ4n) is 2.01. The highest BCUT2D eigenvalue weighted by molar-refractivity contribution is 5.84. The Balaban J connectivity index is 2.84. The molecule has 0 aromatic heterocycles. The lowest BCUT2D eigenvalue weighted by atomic mass is 10.2. The molecule has 0 aliphatic heterocycles. The Morgan fingerprint density at radius 3 is 2.05 bits per heavy atom. The van der Waals surface area contributed by atoms with Gasteiger partial charge in [-0.2, -0.15) is 0 Å². The van der Waals surface area contributed by atoms with Crippen LogP contribution in [-0.2, 0) is 4.79 Å². The van der Waals surface area contributed by atoms with Crippen LogP contribution in [-0.4, -0.2) is 44.2 Å². The maximum atomic E-state index is 12.2. The normalized spacial score (nSPS) is 11.7. The molecule has 1 rings (SSSR count). The second-order valence-electron chi connectivity index (χ2n) is 4.48. The molecule has 5 nitrogen and oxygen atoms in total. The molecule has 0 saturated carbocycles. The van der Waals surface area contributed by atoms with E-state index in [4.69, 9.17) is 9.47 Å². The molecule has 0 radical (unpaired) electrons. The van der Waals surface area contributed by atoms with Crippen LogP contribution in [0.3, 0.4) is 0 Å². The van der Waals surface area contributed by atoms with Crippen molar-refractivity contribution in [2.75, 3.05) is 32.6 Å². The molecule has 112 valence electrons. The molecule has 0 spiro atoms. The van der Waals surface area contributed by atoms with Crippen LogP contribution >= 0.6 is 0 Å². The highest BCUT2D eigenvalue weighted by Gasteiger charge is 2.18. The lowest BCUT2D eigenvalue weighted by molar-refractivity contribution is -0.131. The second-order valence-corrected chi connectivity index (χ2v) is 4.48. The molecule has 0 saturated heterocycles. The molecule has 1 unspecified atom stereocenters. The van der Waals surface area contributed by atoms with Crippen molar-refractivity contribution < 1.29 is 14.3 Å². The fourth-order valence-corrected chi connectivity index (χ4v) is 2.01. The molecule has 5 heteroatoms. The van der Waals surface area contributed by atoms with Gasteiger partial charge in [0.05, 0.1) is 14.2 Å². The first-order chi connectivity index (χ1) is 9.55. The van der Waals surface area contributed by atoms with Crippen LogP contribution in [0.1, 0.15) is 20.8 Å². The highest BCUT2D eigenvalue weighted by atomic mass is 16.5. The Morgan fingerprint density at radius 2 is 1.65 bits per heavy atom. The zero-order valence-electron chi connectivity index (χ0n) is 12.9. The monoisotopic (exact) mass is 280 g/mol. The van der Waals surface area contributed by atoms with E-state index in [0.717, 1.165) is 5.69 Å². The molecule has 1 N–H and O–H groups in total. The maximum Gasteiger partial charge on any atom is 0.244 e. The summed E-state index contributed by atoms with van der Waals surface area (Å²) in [4.78, 5) is 14.0. The zero-order chi connectivity index (χ0) is 15.1. The molecular weight excluding hydrogens is 256 g/mol. The van der Waals surface area contributed by atoms with E-state index in [2.05, 4.69) is 5.32 Å². The topological polar surface area (TPSA) is 50.8 Å². The Bertz CT molecular complexity index is 422. The third-order valence-corrected chi connectivity index (χ3v) is 3.18. The van der Waals surface area contributed by atoms with E-state index in [1.165, 1.54) is 0 Å². The molecular formula is C15H24N2O3. The number of carbonyl (C=O) groups excluding carboxylic acids is 1. The van der Waals surface area contributed by atoms with Crippen LogP contribution in [0.15, 0.2) is 18.2 Å². The predicted octanol–water partition coefficient (Wildman–Crippen LogP) is 2.37. The SMILES string of the molecule is CCN(CC)C(=O)C(C)Nc1cc(OC)cc(OC)c1. The first kappa shape index (κ1) is 16.1. The van der Waals surface area contributed by atoms with Gasteiger partial charge in [-0.05, 0) is 20.8 Å². The molecule has 20 heavy (non-hydrogen) atoms. The van der Waals surface area contributed by atoms with Crippen molar-refractivity contribution in [1.82, 2.24) is 4.90 Å². The van der Waals surface area contributed by atoms with Crippen LogP contribution in [0.25, 0.3) is 0 Å². The summed E-state index contributed by atoms with van der Waals surface area (Å²) in [5.41, 5.74) is 0.800. The average molecular weight is 280 g/mol. The van der Waals surface area contributed by atoms with Crippen molar-refractivity contribution >= 4 is 11.6 Å². The van der Waals surface area contributed by atoms with Gasteiger partial charge >= 0.3 is 0 Å². The van der Waals surface area contributed by atoms with E-state index in [9.17, 15) is 4.79 Å². The first-order valence-electron chi connectivity index (χ1n) is 6.84. The molecule has 0 aliphatic rings. The number of ether oxygens (including phenoxy) is 2. The first-order valence-corrected chi connectivity index (χ1v) is 6.84. The molecule has 0 fully saturated rings. The summed E-state index contributed by atoms with van der Waals surface area (Å²) in [5.74, 6) is 1.46. The smallest absolute Gasteiger partial charge is 0.244 e. The van der Waals surface area contributed by atoms with Crippen LogP contribution in [0, 0.1) is 0 Å². The van der Waals surface area contributed by atoms with Gasteiger partial charge in [0, 0.05) is 37.0 Å². The van der Waals surface area contributed by atoms with Crippen molar-refractivity contribution in [3.8, 4) is 11.5 Å². The van der Waals surface area contributed by atoms with Gasteiger partial charge in [-0.15, -0.1) is 0 Å². The number of nitrogens with zero attached hydrogens (tertiary/aromatic N) is 1. The summed E-state index contributed by atoms with van der Waals surface area (Å²) in [5, 5.41) is 3.19. The zero-order valence-corrected chi connectivity index (χ0v) is 12.9. The number of methoxy groups -OCH3 is 2. The van der Waals surface area contributed by atoms with Gasteiger partial charge in [-0.3, -0.25) is 4.79 Å². The van der Waals surface area contributed by atoms with Gasteiger partial charge < -0.3 is 19.7 Å². The lowest BCUT2D eigenvalue weighted by Crippen LogP contribution is -2.41. The summed E-state index contributed by atoms with van der Waals surface area (Å²) >= 11 is 0. The molecule has 1 aromatic carbocycles. The Hall–Kier alpha value is -1.91. The van der Waals surface area contributed by atoms with E-state index < -0.39 is 0 Å². The number of rotatable bonds is 7. The van der Waals surface area contributed by atoms with E-state index in [1.54, 1.807) is 25.2 Å². The van der Waals surface area contributed by atoms with E-state index >= 15 is 0 Å². The van der Waals surface area contributed by atoms with Crippen molar-refractivity contribution in [3.63, 3.8) is 0 Å². The number of hydrogen-bond acceptors (Lipinski definition) is 4. The molecule has 0 aliphatic carbocycles. The van der Waals surface area contributed by atoms with E-state index in [0.29, 0.717) is 24.6 Å². The van der Waals surface area contributed by atoms with E-state index in [1.807, 2.05) is 32.9 Å². The second kappa shape index (κ2) is 7.62. The van der Waals surface area contributed by atoms with Gasteiger partial charge in [0.15, 0.2) is 0 Å². The van der Waals surface area contributed by atoms with Gasteiger partial charge in [0.25, 0.3) is 0 Å². The summed E-state index contributed by atoms with van der Waals surface area (Å²) in [6, 6.07) is 5.18. The average Bonchev–Trinajstić information content (AvgIpc) is 2.47. The van der Waals surface area contributed by atoms with Crippen molar-refractivity contribution in [2.24, 2.45) is 0 Å². The number of nitrogens with one attached hydrogen (secondary N) is 1. The minimum atomic E-state index is -0.299. The van der Waals surface area contributed by atoms with E-state index in [-0.39, 0.29) is 11.9 Å². The quantitative estimate of drug-likeness (QED) is 0.833. The summed E-state index contributed by atoms with van der Waals surface area (Å²) in [7, 11) is 3.20. The number of anilines is 1. The summed E-state index contributed by atoms with van der Waals surface area (Å²) < 4.78 is 10.4. The van der Waals surface area contributed by atoms with Gasteiger partial charge in [-0.1, -0.05) is 0 Å². The molecule has 1 aromatic rings. The third-order valence-electron chi connectivity index (χ3n) is 3.18. The molecule has 1 amide bonds. The minimum Gasteiger partial charge on any atom is -0.497 e. The lowest BCUT2D eigenvalue weighted by Gasteiger charge is -2.24. The summed E-state index contributed by atoms with van der Waals surface area (Å²) in [6.07, 6.45) is 0. The fraction of sp³-hybridized carbons (Fsp3) is 0.533. The Kier molecular flexibility index (Phi) is 6.15. The standard InChI is InChI=1S/C15H24N2O3/c1-6-17(7-2)15(18)11(3)16-12-8-13(19-4)10-14(9-12)20-5/h8-11,16H,6-7H2,1-5H3. The number of hydrogen-bond donors (Lipinski definition) is 1. The number of amides is 1. The predicted molar refractivity (Wildman–Crippen MR) is 80.6 cm³/mol. The third kappa shape index (κ3) is 4.05. The molecule has 0 bridgehead atoms. The van der Waals surface area contributed by atoms with Crippen LogP contribution < -0.4 is 14.8 Å². The van der Waals surface area contributed by atoms with Gasteiger partial charge in [0.2, 0.25) is 5.91 Å². The van der Waals surface area contributed by atoms with Crippen molar-refractivity contribution in [1.29, 1.82) is 0 Å².